The van der Waals surface area contributed by atoms with Gasteiger partial charge in [0.15, 0.2) is 0 Å². The third-order valence-electron chi connectivity index (χ3n) is 12.1. The van der Waals surface area contributed by atoms with E-state index < -0.39 is 0 Å². The van der Waals surface area contributed by atoms with Crippen LogP contribution in [0, 0.1) is 0 Å². The summed E-state index contributed by atoms with van der Waals surface area (Å²) in [6.45, 7) is 0. The number of fused-ring (bicyclic) bond motifs is 2. The van der Waals surface area contributed by atoms with Gasteiger partial charge in [-0.3, -0.25) is 0 Å². The first-order chi connectivity index (χ1) is 30.2. The maximum absolute atomic E-state index is 2.37. The molecule has 0 fully saturated rings. The van der Waals surface area contributed by atoms with E-state index >= 15 is 0 Å². The molecule has 0 amide bonds. The van der Waals surface area contributed by atoms with Crippen molar-refractivity contribution in [1.82, 2.24) is 4.57 Å². The molecule has 11 aromatic rings. The molecule has 10 aromatic carbocycles. The third-order valence-corrected chi connectivity index (χ3v) is 12.1. The summed E-state index contributed by atoms with van der Waals surface area (Å²) in [6, 6.07) is 88.0. The highest BCUT2D eigenvalue weighted by Gasteiger charge is 2.15. The second kappa shape index (κ2) is 15.6. The Kier molecular flexibility index (Phi) is 9.26. The standard InChI is InChI=1S/C60H41N/c1-3-9-42(10-4-1)45-15-19-47(20-16-45)49-23-25-51(26-24-49)56-35-38-60-58(40-56)59(53-30-27-50(28-31-53)48-21-17-46(18-22-48)43-11-5-2-6-12-43)41-61(60)57-36-33-52(34-37-57)55-32-29-44-13-7-8-14-54(44)39-55/h1-41H. The SMILES string of the molecule is c1ccc(-c2ccc(-c3ccc(-c4ccc5c(c4)c(-c4ccc(-c6ccc(-c7ccccc7)cc6)cc4)cn5-c4ccc(-c5ccc6ccccc6c5)cc4)cc3)cc2)cc1. The van der Waals surface area contributed by atoms with Gasteiger partial charge in [-0.1, -0.05) is 212 Å². The molecule has 1 aromatic heterocycles. The van der Waals surface area contributed by atoms with Crippen LogP contribution in [-0.4, -0.2) is 4.57 Å². The number of nitrogens with zero attached hydrogens (tertiary/aromatic N) is 1. The third kappa shape index (κ3) is 7.13. The summed E-state index contributed by atoms with van der Waals surface area (Å²) in [4.78, 5) is 0. The van der Waals surface area contributed by atoms with Gasteiger partial charge < -0.3 is 4.57 Å². The second-order valence-corrected chi connectivity index (χ2v) is 15.8. The summed E-state index contributed by atoms with van der Waals surface area (Å²) in [5.41, 5.74) is 19.2. The molecular weight excluding hydrogens is 735 g/mol. The predicted octanol–water partition coefficient (Wildman–Crippen LogP) is 16.5. The van der Waals surface area contributed by atoms with Crippen LogP contribution in [0.1, 0.15) is 0 Å². The van der Waals surface area contributed by atoms with Crippen LogP contribution in [0.15, 0.2) is 249 Å². The fourth-order valence-corrected chi connectivity index (χ4v) is 8.71. The van der Waals surface area contributed by atoms with Crippen LogP contribution >= 0.6 is 0 Å². The maximum atomic E-state index is 2.37. The zero-order valence-corrected chi connectivity index (χ0v) is 33.6. The molecule has 0 saturated carbocycles. The van der Waals surface area contributed by atoms with E-state index in [1.165, 1.54) is 99.6 Å². The Labute approximate surface area is 357 Å². The number of hydrogen-bond acceptors (Lipinski definition) is 0. The minimum atomic E-state index is 1.13. The van der Waals surface area contributed by atoms with Crippen LogP contribution in [0.2, 0.25) is 0 Å². The average Bonchev–Trinajstić information content (AvgIpc) is 3.74. The summed E-state index contributed by atoms with van der Waals surface area (Å²) in [6.07, 6.45) is 2.31. The number of aromatic nitrogens is 1. The highest BCUT2D eigenvalue weighted by molar-refractivity contribution is 6.00. The average molecular weight is 776 g/mol. The lowest BCUT2D eigenvalue weighted by Crippen LogP contribution is -1.92. The first-order valence-corrected chi connectivity index (χ1v) is 21.0. The van der Waals surface area contributed by atoms with Crippen molar-refractivity contribution in [3.05, 3.63) is 249 Å². The van der Waals surface area contributed by atoms with Gasteiger partial charge in [-0.05, 0) is 113 Å². The molecule has 1 heterocycles. The van der Waals surface area contributed by atoms with Crippen molar-refractivity contribution in [2.45, 2.75) is 0 Å². The van der Waals surface area contributed by atoms with E-state index in [9.17, 15) is 0 Å². The van der Waals surface area contributed by atoms with Gasteiger partial charge in [0.05, 0.1) is 5.52 Å². The first kappa shape index (κ1) is 36.1. The molecule has 1 heteroatoms. The van der Waals surface area contributed by atoms with E-state index in [0.29, 0.717) is 0 Å². The molecule has 0 aliphatic heterocycles. The van der Waals surface area contributed by atoms with E-state index in [-0.39, 0.29) is 0 Å². The molecule has 0 atom stereocenters. The quantitative estimate of drug-likeness (QED) is 0.145. The number of hydrogen-bond donors (Lipinski definition) is 0. The monoisotopic (exact) mass is 775 g/mol. The molecule has 0 aliphatic rings. The van der Waals surface area contributed by atoms with Crippen molar-refractivity contribution in [2.24, 2.45) is 0 Å². The van der Waals surface area contributed by atoms with Gasteiger partial charge in [-0.15, -0.1) is 0 Å². The minimum Gasteiger partial charge on any atom is -0.316 e. The highest BCUT2D eigenvalue weighted by atomic mass is 15.0. The Hall–Kier alpha value is -8.00. The van der Waals surface area contributed by atoms with Gasteiger partial charge in [0, 0.05) is 22.8 Å². The van der Waals surface area contributed by atoms with Crippen molar-refractivity contribution in [3.8, 4) is 83.6 Å². The van der Waals surface area contributed by atoms with Crippen molar-refractivity contribution >= 4 is 21.7 Å². The molecule has 0 radical (unpaired) electrons. The lowest BCUT2D eigenvalue weighted by atomic mass is 9.96. The molecule has 0 saturated heterocycles. The van der Waals surface area contributed by atoms with Gasteiger partial charge in [-0.2, -0.15) is 0 Å². The zero-order chi connectivity index (χ0) is 40.5. The van der Waals surface area contributed by atoms with Crippen LogP contribution in [0.25, 0.3) is 105 Å². The summed E-state index contributed by atoms with van der Waals surface area (Å²) in [5.74, 6) is 0. The first-order valence-electron chi connectivity index (χ1n) is 21.0. The Balaban J connectivity index is 0.939. The fourth-order valence-electron chi connectivity index (χ4n) is 8.71. The lowest BCUT2D eigenvalue weighted by molar-refractivity contribution is 1.13. The number of rotatable bonds is 8. The van der Waals surface area contributed by atoms with Crippen molar-refractivity contribution in [1.29, 1.82) is 0 Å². The lowest BCUT2D eigenvalue weighted by Gasteiger charge is -2.10. The van der Waals surface area contributed by atoms with E-state index in [0.717, 1.165) is 5.69 Å². The van der Waals surface area contributed by atoms with Gasteiger partial charge in [-0.25, -0.2) is 0 Å². The molecule has 286 valence electrons. The van der Waals surface area contributed by atoms with Crippen LogP contribution in [0.3, 0.4) is 0 Å². The highest BCUT2D eigenvalue weighted by Crippen LogP contribution is 2.38. The molecule has 61 heavy (non-hydrogen) atoms. The molecule has 11 rings (SSSR count). The summed E-state index contributed by atoms with van der Waals surface area (Å²) >= 11 is 0. The van der Waals surface area contributed by atoms with Crippen LogP contribution in [0.5, 0.6) is 0 Å². The van der Waals surface area contributed by atoms with Crippen molar-refractivity contribution in [3.63, 3.8) is 0 Å². The van der Waals surface area contributed by atoms with Crippen LogP contribution < -0.4 is 0 Å². The Morgan fingerprint density at radius 2 is 0.574 bits per heavy atom. The minimum absolute atomic E-state index is 1.13. The van der Waals surface area contributed by atoms with Crippen molar-refractivity contribution in [2.75, 3.05) is 0 Å². The molecular formula is C60H41N. The van der Waals surface area contributed by atoms with Gasteiger partial charge in [0.2, 0.25) is 0 Å². The van der Waals surface area contributed by atoms with Crippen LogP contribution in [0.4, 0.5) is 0 Å². The topological polar surface area (TPSA) is 4.93 Å². The number of benzene rings is 10. The summed E-state index contributed by atoms with van der Waals surface area (Å²) in [7, 11) is 0. The fraction of sp³-hybridized carbons (Fsp3) is 0. The predicted molar refractivity (Wildman–Crippen MR) is 259 cm³/mol. The summed E-state index contributed by atoms with van der Waals surface area (Å²) < 4.78 is 2.34. The van der Waals surface area contributed by atoms with E-state index in [1.54, 1.807) is 0 Å². The van der Waals surface area contributed by atoms with Crippen LogP contribution in [-0.2, 0) is 0 Å². The maximum Gasteiger partial charge on any atom is 0.0535 e. The largest absolute Gasteiger partial charge is 0.316 e. The second-order valence-electron chi connectivity index (χ2n) is 15.8. The Morgan fingerprint density at radius 3 is 1.07 bits per heavy atom. The summed E-state index contributed by atoms with van der Waals surface area (Å²) in [5, 5.41) is 3.73. The molecule has 1 nitrogen and oxygen atoms in total. The Bertz CT molecular complexity index is 3270. The molecule has 0 aliphatic carbocycles. The van der Waals surface area contributed by atoms with Crippen molar-refractivity contribution < 1.29 is 0 Å². The van der Waals surface area contributed by atoms with Gasteiger partial charge >= 0.3 is 0 Å². The van der Waals surface area contributed by atoms with Gasteiger partial charge in [0.1, 0.15) is 0 Å². The van der Waals surface area contributed by atoms with E-state index in [1.807, 2.05) is 0 Å². The molecule has 0 unspecified atom stereocenters. The van der Waals surface area contributed by atoms with Gasteiger partial charge in [0.25, 0.3) is 0 Å². The Morgan fingerprint density at radius 1 is 0.230 bits per heavy atom. The molecule has 0 spiro atoms. The van der Waals surface area contributed by atoms with E-state index in [4.69, 9.17) is 0 Å². The normalized spacial score (nSPS) is 11.3. The molecule has 0 bridgehead atoms. The zero-order valence-electron chi connectivity index (χ0n) is 33.6. The van der Waals surface area contributed by atoms with E-state index in [2.05, 4.69) is 253 Å². The smallest absolute Gasteiger partial charge is 0.0535 e. The molecule has 0 N–H and O–H groups in total.